The van der Waals surface area contributed by atoms with Crippen LogP contribution in [0, 0.1) is 23.7 Å². The van der Waals surface area contributed by atoms with Gasteiger partial charge >= 0.3 is 12.1 Å². The first kappa shape index (κ1) is 27.0. The second-order valence-corrected chi connectivity index (χ2v) is 10.4. The summed E-state index contributed by atoms with van der Waals surface area (Å²) in [6.45, 7) is 0.556. The van der Waals surface area contributed by atoms with Crippen LogP contribution in [0.2, 0.25) is 0 Å². The van der Waals surface area contributed by atoms with E-state index in [0.717, 1.165) is 23.3 Å². The number of hydrogen-bond donors (Lipinski definition) is 0. The maximum atomic E-state index is 13.0. The van der Waals surface area contributed by atoms with E-state index in [2.05, 4.69) is 17.7 Å². The Kier molecular flexibility index (Phi) is 9.84. The van der Waals surface area contributed by atoms with E-state index in [0.29, 0.717) is 5.92 Å². The highest BCUT2D eigenvalue weighted by Gasteiger charge is 2.58. The Hall–Kier alpha value is -1.59. The molecule has 192 valence electrons. The minimum absolute atomic E-state index is 0.00154. The molecule has 6 heteroatoms. The van der Waals surface area contributed by atoms with Crippen molar-refractivity contribution < 1.29 is 26.7 Å². The molecule has 0 bridgehead atoms. The summed E-state index contributed by atoms with van der Waals surface area (Å²) in [5.74, 6) is -1.58. The van der Waals surface area contributed by atoms with Crippen molar-refractivity contribution in [1.82, 2.24) is 0 Å². The molecule has 34 heavy (non-hydrogen) atoms. The lowest BCUT2D eigenvalue weighted by molar-refractivity contribution is -0.290. The normalized spacial score (nSPS) is 26.6. The standard InChI is InChI=1S/C28H39F5O/c1-2-3-4-5-21-8-14-24(15-9-21)25-16-10-22(11-17-25)6-7-23-12-18-26(19-13-23)34-20-27(29,30)28(31,32)33/h6-7,12-13,18-19,21-22,24-25H,2-5,8-11,14-17,20H2,1H3. The van der Waals surface area contributed by atoms with Crippen LogP contribution in [0.15, 0.2) is 30.3 Å². The molecule has 0 aromatic heterocycles. The molecule has 2 saturated carbocycles. The van der Waals surface area contributed by atoms with Gasteiger partial charge in [-0.25, -0.2) is 0 Å². The maximum Gasteiger partial charge on any atom is 0.456 e. The van der Waals surface area contributed by atoms with Crippen molar-refractivity contribution in [2.75, 3.05) is 6.61 Å². The summed E-state index contributed by atoms with van der Waals surface area (Å²) in [6, 6.07) is 6.23. The molecule has 0 heterocycles. The van der Waals surface area contributed by atoms with E-state index in [9.17, 15) is 22.0 Å². The summed E-state index contributed by atoms with van der Waals surface area (Å²) in [6.07, 6.45) is 14.8. The van der Waals surface area contributed by atoms with Crippen LogP contribution < -0.4 is 4.74 Å². The number of benzene rings is 1. The van der Waals surface area contributed by atoms with E-state index < -0.39 is 18.7 Å². The summed E-state index contributed by atoms with van der Waals surface area (Å²) in [5.41, 5.74) is 0.887. The third-order valence-electron chi connectivity index (χ3n) is 7.87. The number of alkyl halides is 5. The highest BCUT2D eigenvalue weighted by atomic mass is 19.4. The van der Waals surface area contributed by atoms with Gasteiger partial charge in [0.25, 0.3) is 0 Å². The van der Waals surface area contributed by atoms with Gasteiger partial charge < -0.3 is 4.74 Å². The summed E-state index contributed by atoms with van der Waals surface area (Å²) in [4.78, 5) is 0. The van der Waals surface area contributed by atoms with Crippen molar-refractivity contribution in [3.63, 3.8) is 0 Å². The van der Waals surface area contributed by atoms with E-state index in [1.165, 1.54) is 89.2 Å². The van der Waals surface area contributed by atoms with Gasteiger partial charge in [0.2, 0.25) is 0 Å². The molecule has 1 aromatic carbocycles. The summed E-state index contributed by atoms with van der Waals surface area (Å²) < 4.78 is 67.3. The highest BCUT2D eigenvalue weighted by Crippen LogP contribution is 2.42. The molecule has 2 aliphatic carbocycles. The molecule has 0 saturated heterocycles. The Balaban J connectivity index is 1.37. The highest BCUT2D eigenvalue weighted by molar-refractivity contribution is 5.50. The molecular formula is C28H39F5O. The molecule has 1 nitrogen and oxygen atoms in total. The molecule has 0 unspecified atom stereocenters. The van der Waals surface area contributed by atoms with E-state index in [-0.39, 0.29) is 5.75 Å². The third kappa shape index (κ3) is 7.98. The molecular weight excluding hydrogens is 447 g/mol. The first-order chi connectivity index (χ1) is 16.2. The fraction of sp³-hybridized carbons (Fsp3) is 0.714. The smallest absolute Gasteiger partial charge is 0.456 e. The Labute approximate surface area is 201 Å². The molecule has 2 fully saturated rings. The summed E-state index contributed by atoms with van der Waals surface area (Å²) in [5, 5.41) is 0. The van der Waals surface area contributed by atoms with Crippen molar-refractivity contribution in [2.24, 2.45) is 23.7 Å². The quantitative estimate of drug-likeness (QED) is 0.236. The largest absolute Gasteiger partial charge is 0.487 e. The van der Waals surface area contributed by atoms with Gasteiger partial charge in [-0.1, -0.05) is 69.7 Å². The SMILES string of the molecule is CCCCCC1CCC(C2CCC(C=Cc3ccc(OCC(F)(F)C(F)(F)F)cc3)CC2)CC1. The molecule has 0 amide bonds. The molecule has 0 aliphatic heterocycles. The fourth-order valence-corrected chi connectivity index (χ4v) is 5.62. The zero-order valence-electron chi connectivity index (χ0n) is 20.3. The van der Waals surface area contributed by atoms with Crippen LogP contribution in [0.25, 0.3) is 6.08 Å². The van der Waals surface area contributed by atoms with E-state index >= 15 is 0 Å². The van der Waals surface area contributed by atoms with Crippen molar-refractivity contribution in [3.8, 4) is 5.75 Å². The van der Waals surface area contributed by atoms with Crippen LogP contribution >= 0.6 is 0 Å². The van der Waals surface area contributed by atoms with Crippen LogP contribution in [0.3, 0.4) is 0 Å². The van der Waals surface area contributed by atoms with Crippen LogP contribution in [0.4, 0.5) is 22.0 Å². The second-order valence-electron chi connectivity index (χ2n) is 10.4. The Morgan fingerprint density at radius 3 is 1.97 bits per heavy atom. The van der Waals surface area contributed by atoms with Crippen LogP contribution in [0.1, 0.15) is 89.5 Å². The van der Waals surface area contributed by atoms with E-state index in [1.54, 1.807) is 12.1 Å². The predicted molar refractivity (Wildman–Crippen MR) is 127 cm³/mol. The van der Waals surface area contributed by atoms with Gasteiger partial charge in [0.15, 0.2) is 6.61 Å². The number of allylic oxidation sites excluding steroid dienone is 1. The minimum Gasteiger partial charge on any atom is -0.487 e. The van der Waals surface area contributed by atoms with Crippen LogP contribution in [0.5, 0.6) is 5.75 Å². The third-order valence-corrected chi connectivity index (χ3v) is 7.87. The minimum atomic E-state index is -5.61. The monoisotopic (exact) mass is 486 g/mol. The van der Waals surface area contributed by atoms with E-state index in [1.807, 2.05) is 6.08 Å². The predicted octanol–water partition coefficient (Wildman–Crippen LogP) is 9.47. The summed E-state index contributed by atoms with van der Waals surface area (Å²) in [7, 11) is 0. The zero-order valence-corrected chi connectivity index (χ0v) is 20.3. The molecule has 0 spiro atoms. The van der Waals surface area contributed by atoms with Gasteiger partial charge in [-0.15, -0.1) is 0 Å². The Bertz CT molecular complexity index is 739. The molecule has 0 N–H and O–H groups in total. The Morgan fingerprint density at radius 2 is 1.41 bits per heavy atom. The van der Waals surface area contributed by atoms with Gasteiger partial charge in [-0.3, -0.25) is 0 Å². The van der Waals surface area contributed by atoms with Crippen molar-refractivity contribution in [3.05, 3.63) is 35.9 Å². The van der Waals surface area contributed by atoms with Crippen LogP contribution in [-0.2, 0) is 0 Å². The van der Waals surface area contributed by atoms with E-state index in [4.69, 9.17) is 0 Å². The average molecular weight is 487 g/mol. The van der Waals surface area contributed by atoms with Gasteiger partial charge in [0.1, 0.15) is 5.75 Å². The molecule has 0 atom stereocenters. The van der Waals surface area contributed by atoms with Crippen molar-refractivity contribution in [2.45, 2.75) is 96.1 Å². The maximum absolute atomic E-state index is 13.0. The van der Waals surface area contributed by atoms with Gasteiger partial charge in [-0.2, -0.15) is 22.0 Å². The lowest BCUT2D eigenvalue weighted by Gasteiger charge is -2.37. The zero-order chi connectivity index (χ0) is 24.6. The fourth-order valence-electron chi connectivity index (χ4n) is 5.62. The molecule has 2 aliphatic rings. The average Bonchev–Trinajstić information content (AvgIpc) is 2.82. The lowest BCUT2D eigenvalue weighted by Crippen LogP contribution is -2.41. The summed E-state index contributed by atoms with van der Waals surface area (Å²) >= 11 is 0. The lowest BCUT2D eigenvalue weighted by atomic mass is 9.68. The molecule has 0 radical (unpaired) electrons. The number of hydrogen-bond acceptors (Lipinski definition) is 1. The first-order valence-electron chi connectivity index (χ1n) is 13.0. The number of ether oxygens (including phenoxy) is 1. The van der Waals surface area contributed by atoms with Gasteiger partial charge in [0.05, 0.1) is 0 Å². The van der Waals surface area contributed by atoms with Crippen molar-refractivity contribution in [1.29, 1.82) is 0 Å². The molecule has 1 aromatic rings. The van der Waals surface area contributed by atoms with Gasteiger partial charge in [-0.05, 0) is 79.9 Å². The molecule has 3 rings (SSSR count). The topological polar surface area (TPSA) is 9.23 Å². The number of unbranched alkanes of at least 4 members (excludes halogenated alkanes) is 2. The number of rotatable bonds is 10. The van der Waals surface area contributed by atoms with Crippen LogP contribution in [-0.4, -0.2) is 18.7 Å². The number of halogens is 5. The second kappa shape index (κ2) is 12.4. The Morgan fingerprint density at radius 1 is 0.824 bits per heavy atom. The van der Waals surface area contributed by atoms with Crippen molar-refractivity contribution >= 4 is 6.08 Å². The van der Waals surface area contributed by atoms with Gasteiger partial charge in [0, 0.05) is 0 Å². The first-order valence-corrected chi connectivity index (χ1v) is 13.0.